The predicted octanol–water partition coefficient (Wildman–Crippen LogP) is 2.66. The zero-order valence-electron chi connectivity index (χ0n) is 10.1. The number of hydrogen-bond acceptors (Lipinski definition) is 3. The lowest BCUT2D eigenvalue weighted by Crippen LogP contribution is -2.29. The molecule has 2 atom stereocenters. The van der Waals surface area contributed by atoms with Crippen molar-refractivity contribution in [2.75, 3.05) is 7.11 Å². The minimum Gasteiger partial charge on any atom is -0.489 e. The summed E-state index contributed by atoms with van der Waals surface area (Å²) in [6, 6.07) is 0.227. The van der Waals surface area contributed by atoms with Gasteiger partial charge in [-0.15, -0.1) is 0 Å². The summed E-state index contributed by atoms with van der Waals surface area (Å²) in [7, 11) is 1.44. The Balaban J connectivity index is 2.35. The molecule has 94 valence electrons. The number of methoxy groups -OCH3 is 1. The fraction of sp³-hybridized carbons (Fsp3) is 0.667. The highest BCUT2D eigenvalue weighted by atomic mass is 35.5. The Kier molecular flexibility index (Phi) is 3.72. The van der Waals surface area contributed by atoms with Crippen molar-refractivity contribution in [3.05, 3.63) is 21.8 Å². The summed E-state index contributed by atoms with van der Waals surface area (Å²) in [5, 5.41) is 0.137. The second-order valence-corrected chi connectivity index (χ2v) is 5.06. The molecule has 0 spiro atoms. The Morgan fingerprint density at radius 2 is 2.29 bits per heavy atom. The molecule has 0 aromatic carbocycles. The van der Waals surface area contributed by atoms with Crippen molar-refractivity contribution < 1.29 is 4.74 Å². The molecule has 1 heterocycles. The fourth-order valence-electron chi connectivity index (χ4n) is 2.52. The van der Waals surface area contributed by atoms with Gasteiger partial charge in [0.25, 0.3) is 5.56 Å². The lowest BCUT2D eigenvalue weighted by atomic mass is 9.87. The van der Waals surface area contributed by atoms with Gasteiger partial charge in [-0.25, -0.2) is 4.98 Å². The summed E-state index contributed by atoms with van der Waals surface area (Å²) in [5.41, 5.74) is -0.174. The maximum absolute atomic E-state index is 12.1. The molecule has 1 aliphatic rings. The normalized spacial score (nSPS) is 24.6. The zero-order valence-corrected chi connectivity index (χ0v) is 10.9. The van der Waals surface area contributed by atoms with E-state index in [1.165, 1.54) is 19.9 Å². The van der Waals surface area contributed by atoms with Gasteiger partial charge in [-0.3, -0.25) is 9.36 Å². The van der Waals surface area contributed by atoms with Crippen molar-refractivity contribution in [3.63, 3.8) is 0 Å². The van der Waals surface area contributed by atoms with Crippen LogP contribution in [0.25, 0.3) is 0 Å². The molecule has 1 aromatic heterocycles. The number of hydrogen-bond donors (Lipinski definition) is 0. The van der Waals surface area contributed by atoms with Gasteiger partial charge in [-0.05, 0) is 18.8 Å². The van der Waals surface area contributed by atoms with E-state index in [1.54, 1.807) is 4.57 Å². The van der Waals surface area contributed by atoms with Gasteiger partial charge >= 0.3 is 0 Å². The van der Waals surface area contributed by atoms with Gasteiger partial charge in [0.2, 0.25) is 5.75 Å². The van der Waals surface area contributed by atoms with E-state index in [4.69, 9.17) is 16.3 Å². The SMILES string of the molecule is COc1c(Cl)ncn(C2CCCC(C)C2)c1=O. The molecule has 5 heteroatoms. The van der Waals surface area contributed by atoms with Gasteiger partial charge in [0, 0.05) is 6.04 Å². The molecule has 0 N–H and O–H groups in total. The van der Waals surface area contributed by atoms with Crippen LogP contribution in [0.4, 0.5) is 0 Å². The van der Waals surface area contributed by atoms with E-state index < -0.39 is 0 Å². The smallest absolute Gasteiger partial charge is 0.297 e. The van der Waals surface area contributed by atoms with Gasteiger partial charge < -0.3 is 4.74 Å². The van der Waals surface area contributed by atoms with Crippen molar-refractivity contribution in [2.45, 2.75) is 38.6 Å². The first-order valence-electron chi connectivity index (χ1n) is 5.94. The number of halogens is 1. The second-order valence-electron chi connectivity index (χ2n) is 4.71. The van der Waals surface area contributed by atoms with Crippen molar-refractivity contribution in [1.29, 1.82) is 0 Å². The molecule has 0 aliphatic heterocycles. The molecule has 2 rings (SSSR count). The van der Waals surface area contributed by atoms with E-state index in [-0.39, 0.29) is 22.5 Å². The van der Waals surface area contributed by atoms with Gasteiger partial charge in [0.15, 0.2) is 5.15 Å². The monoisotopic (exact) mass is 256 g/mol. The molecule has 0 amide bonds. The Hall–Kier alpha value is -1.03. The van der Waals surface area contributed by atoms with Crippen molar-refractivity contribution in [3.8, 4) is 5.75 Å². The lowest BCUT2D eigenvalue weighted by Gasteiger charge is -2.28. The minimum atomic E-state index is -0.174. The van der Waals surface area contributed by atoms with Crippen LogP contribution in [-0.2, 0) is 0 Å². The van der Waals surface area contributed by atoms with Crippen LogP contribution in [0.5, 0.6) is 5.75 Å². The molecule has 0 bridgehead atoms. The third-order valence-corrected chi connectivity index (χ3v) is 3.69. The fourth-order valence-corrected chi connectivity index (χ4v) is 2.72. The summed E-state index contributed by atoms with van der Waals surface area (Å²) >= 11 is 5.82. The van der Waals surface area contributed by atoms with Crippen molar-refractivity contribution in [2.24, 2.45) is 5.92 Å². The van der Waals surface area contributed by atoms with Crippen LogP contribution in [0.15, 0.2) is 11.1 Å². The molecule has 4 nitrogen and oxygen atoms in total. The Morgan fingerprint density at radius 1 is 1.53 bits per heavy atom. The maximum Gasteiger partial charge on any atom is 0.297 e. The predicted molar refractivity (Wildman–Crippen MR) is 66.7 cm³/mol. The molecule has 1 aliphatic carbocycles. The van der Waals surface area contributed by atoms with E-state index in [0.29, 0.717) is 5.92 Å². The van der Waals surface area contributed by atoms with Crippen molar-refractivity contribution >= 4 is 11.6 Å². The van der Waals surface area contributed by atoms with Gasteiger partial charge in [0.1, 0.15) is 0 Å². The molecule has 1 fully saturated rings. The van der Waals surface area contributed by atoms with Crippen LogP contribution in [0.1, 0.15) is 38.6 Å². The van der Waals surface area contributed by atoms with Crippen LogP contribution >= 0.6 is 11.6 Å². The molecular formula is C12H17ClN2O2. The maximum atomic E-state index is 12.1. The summed E-state index contributed by atoms with van der Waals surface area (Å²) in [5.74, 6) is 0.801. The zero-order chi connectivity index (χ0) is 12.4. The van der Waals surface area contributed by atoms with Crippen molar-refractivity contribution in [1.82, 2.24) is 9.55 Å². The second kappa shape index (κ2) is 5.08. The van der Waals surface area contributed by atoms with Gasteiger partial charge in [-0.1, -0.05) is 31.4 Å². The van der Waals surface area contributed by atoms with Crippen LogP contribution in [0, 0.1) is 5.92 Å². The molecule has 2 unspecified atom stereocenters. The lowest BCUT2D eigenvalue weighted by molar-refractivity contribution is 0.272. The first-order valence-corrected chi connectivity index (χ1v) is 6.32. The highest BCUT2D eigenvalue weighted by molar-refractivity contribution is 6.30. The van der Waals surface area contributed by atoms with Gasteiger partial charge in [-0.2, -0.15) is 0 Å². The highest BCUT2D eigenvalue weighted by Gasteiger charge is 2.23. The third-order valence-electron chi connectivity index (χ3n) is 3.42. The third kappa shape index (κ3) is 2.46. The summed E-state index contributed by atoms with van der Waals surface area (Å²) < 4.78 is 6.67. The first kappa shape index (κ1) is 12.4. The Labute approximate surface area is 106 Å². The van der Waals surface area contributed by atoms with E-state index >= 15 is 0 Å². The Morgan fingerprint density at radius 3 is 2.94 bits per heavy atom. The molecule has 1 saturated carbocycles. The van der Waals surface area contributed by atoms with E-state index in [1.807, 2.05) is 0 Å². The van der Waals surface area contributed by atoms with Gasteiger partial charge in [0.05, 0.1) is 13.4 Å². The minimum absolute atomic E-state index is 0.137. The number of nitrogens with zero attached hydrogens (tertiary/aromatic N) is 2. The van der Waals surface area contributed by atoms with E-state index in [2.05, 4.69) is 11.9 Å². The van der Waals surface area contributed by atoms with E-state index in [0.717, 1.165) is 19.3 Å². The molecule has 0 radical (unpaired) electrons. The standard InChI is InChI=1S/C12H17ClN2O2/c1-8-4-3-5-9(6-8)15-7-14-11(13)10(17-2)12(15)16/h7-9H,3-6H2,1-2H3. The molecule has 17 heavy (non-hydrogen) atoms. The van der Waals surface area contributed by atoms with Crippen LogP contribution < -0.4 is 10.3 Å². The average Bonchev–Trinajstić information content (AvgIpc) is 2.29. The first-order chi connectivity index (χ1) is 8.13. The van der Waals surface area contributed by atoms with Crippen LogP contribution in [0.2, 0.25) is 5.15 Å². The molecule has 1 aromatic rings. The number of ether oxygens (including phenoxy) is 1. The summed E-state index contributed by atoms with van der Waals surface area (Å²) in [6.07, 6.45) is 5.98. The number of aromatic nitrogens is 2. The summed E-state index contributed by atoms with van der Waals surface area (Å²) in [4.78, 5) is 16.2. The topological polar surface area (TPSA) is 44.1 Å². The average molecular weight is 257 g/mol. The molecular weight excluding hydrogens is 240 g/mol. The number of rotatable bonds is 2. The molecule has 0 saturated heterocycles. The Bertz CT molecular complexity index is 458. The highest BCUT2D eigenvalue weighted by Crippen LogP contribution is 2.31. The largest absolute Gasteiger partial charge is 0.489 e. The summed E-state index contributed by atoms with van der Waals surface area (Å²) in [6.45, 7) is 2.22. The van der Waals surface area contributed by atoms with E-state index in [9.17, 15) is 4.79 Å². The van der Waals surface area contributed by atoms with Crippen LogP contribution in [0.3, 0.4) is 0 Å². The van der Waals surface area contributed by atoms with Crippen LogP contribution in [-0.4, -0.2) is 16.7 Å². The quantitative estimate of drug-likeness (QED) is 0.764.